The van der Waals surface area contributed by atoms with Gasteiger partial charge in [-0.3, -0.25) is 4.79 Å². The molecule has 5 aromatic rings. The molecule has 2 N–H and O–H groups in total. The fourth-order valence-corrected chi connectivity index (χ4v) is 6.84. The third kappa shape index (κ3) is 5.63. The maximum atomic E-state index is 14.3. The van der Waals surface area contributed by atoms with Crippen LogP contribution in [0.5, 0.6) is 0 Å². The Kier molecular flexibility index (Phi) is 7.17. The fourth-order valence-electron chi connectivity index (χ4n) is 5.83. The summed E-state index contributed by atoms with van der Waals surface area (Å²) in [5, 5.41) is 22.6. The number of halogens is 3. The maximum Gasteiger partial charge on any atom is 0.416 e. The Hall–Kier alpha value is -5.01. The summed E-state index contributed by atoms with van der Waals surface area (Å²) in [6, 6.07) is 24.9. The Morgan fingerprint density at radius 3 is 2.17 bits per heavy atom. The molecule has 0 aliphatic heterocycles. The lowest BCUT2D eigenvalue weighted by Gasteiger charge is -2.20. The van der Waals surface area contributed by atoms with Gasteiger partial charge in [-0.2, -0.15) is 18.4 Å². The van der Waals surface area contributed by atoms with E-state index in [1.807, 2.05) is 30.5 Å². The minimum atomic E-state index is -4.44. The molecular weight excluding hydrogens is 611 g/mol. The monoisotopic (exact) mass is 637 g/mol. The van der Waals surface area contributed by atoms with Gasteiger partial charge in [-0.05, 0) is 103 Å². The number of amides is 1. The van der Waals surface area contributed by atoms with E-state index < -0.39 is 23.2 Å². The fraction of sp³-hybridized carbons (Fsp3) is 0.194. The third-order valence-corrected chi connectivity index (χ3v) is 9.66. The molecule has 0 radical (unpaired) electrons. The second-order valence-corrected chi connectivity index (χ2v) is 12.9. The Balaban J connectivity index is 1.33. The minimum Gasteiger partial charge on any atom is -0.478 e. The van der Waals surface area contributed by atoms with E-state index in [0.29, 0.717) is 34.3 Å². The zero-order chi connectivity index (χ0) is 32.2. The predicted octanol–water partition coefficient (Wildman–Crippen LogP) is 8.80. The first-order valence-electron chi connectivity index (χ1n) is 14.8. The number of nitrogens with one attached hydrogen (secondary N) is 1. The number of rotatable bonds is 8. The third-order valence-electron chi connectivity index (χ3n) is 8.63. The van der Waals surface area contributed by atoms with E-state index in [-0.39, 0.29) is 17.5 Å². The quantitative estimate of drug-likeness (QED) is 0.177. The first-order chi connectivity index (χ1) is 22.0. The predicted molar refractivity (Wildman–Crippen MR) is 168 cm³/mol. The van der Waals surface area contributed by atoms with Crippen LogP contribution in [-0.4, -0.2) is 21.6 Å². The van der Waals surface area contributed by atoms with Crippen LogP contribution in [0.1, 0.15) is 69.1 Å². The molecular formula is C36H26F3N3O3S. The van der Waals surface area contributed by atoms with Crippen LogP contribution in [-0.2, 0) is 11.7 Å². The molecule has 0 bridgehead atoms. The number of fused-ring (bicyclic) bond motifs is 1. The van der Waals surface area contributed by atoms with Crippen molar-refractivity contribution in [2.75, 3.05) is 0 Å². The number of carboxylic acids is 1. The first kappa shape index (κ1) is 29.7. The lowest BCUT2D eigenvalue weighted by molar-refractivity contribution is -0.137. The smallest absolute Gasteiger partial charge is 0.416 e. The van der Waals surface area contributed by atoms with Gasteiger partial charge < -0.3 is 15.0 Å². The van der Waals surface area contributed by atoms with Crippen molar-refractivity contribution in [3.05, 3.63) is 119 Å². The second-order valence-electron chi connectivity index (χ2n) is 11.8. The van der Waals surface area contributed by atoms with Gasteiger partial charge in [0.15, 0.2) is 0 Å². The first-order valence-corrected chi connectivity index (χ1v) is 15.6. The molecule has 4 aromatic carbocycles. The SMILES string of the molecule is N#Cc1ccc(-c2cc(C(=O)NC3(c4ccc(C(=O)O)cc4)CC3)c3c(Sc4ccc(C(F)(F)F)cc4)cn(C4CC4)c3c2)cc1. The van der Waals surface area contributed by atoms with Crippen LogP contribution in [0.3, 0.4) is 0 Å². The number of benzene rings is 4. The molecule has 0 unspecified atom stereocenters. The summed E-state index contributed by atoms with van der Waals surface area (Å²) in [6.07, 6.45) is 0.894. The van der Waals surface area contributed by atoms with Crippen molar-refractivity contribution in [3.63, 3.8) is 0 Å². The summed E-state index contributed by atoms with van der Waals surface area (Å²) >= 11 is 1.32. The van der Waals surface area contributed by atoms with Crippen LogP contribution in [0.2, 0.25) is 0 Å². The molecule has 1 heterocycles. The van der Waals surface area contributed by atoms with E-state index >= 15 is 0 Å². The molecule has 2 aliphatic carbocycles. The number of hydrogen-bond acceptors (Lipinski definition) is 4. The molecule has 0 spiro atoms. The van der Waals surface area contributed by atoms with Crippen molar-refractivity contribution in [1.29, 1.82) is 5.26 Å². The summed E-state index contributed by atoms with van der Waals surface area (Å²) in [5.41, 5.74) is 3.04. The molecule has 7 rings (SSSR count). The molecule has 1 aromatic heterocycles. The second kappa shape index (κ2) is 11.1. The van der Waals surface area contributed by atoms with Gasteiger partial charge >= 0.3 is 12.1 Å². The normalized spacial score (nSPS) is 15.3. The zero-order valence-corrected chi connectivity index (χ0v) is 25.1. The number of aromatic carboxylic acids is 1. The van der Waals surface area contributed by atoms with E-state index in [1.165, 1.54) is 36.0 Å². The summed E-state index contributed by atoms with van der Waals surface area (Å²) < 4.78 is 41.9. The summed E-state index contributed by atoms with van der Waals surface area (Å²) in [6.45, 7) is 0. The number of carboxylic acid groups (broad SMARTS) is 1. The summed E-state index contributed by atoms with van der Waals surface area (Å²) in [4.78, 5) is 27.1. The van der Waals surface area contributed by atoms with Gasteiger partial charge in [0, 0.05) is 27.4 Å². The average Bonchev–Trinajstić information content (AvgIpc) is 3.99. The number of nitriles is 1. The van der Waals surface area contributed by atoms with Gasteiger partial charge in [0.05, 0.1) is 39.4 Å². The number of nitrogens with zero attached hydrogens (tertiary/aromatic N) is 2. The molecule has 6 nitrogen and oxygen atoms in total. The maximum absolute atomic E-state index is 14.3. The molecule has 46 heavy (non-hydrogen) atoms. The highest BCUT2D eigenvalue weighted by atomic mass is 32.2. The molecule has 1 amide bonds. The molecule has 10 heteroatoms. The molecule has 2 fully saturated rings. The number of aromatic nitrogens is 1. The highest BCUT2D eigenvalue weighted by Crippen LogP contribution is 2.48. The van der Waals surface area contributed by atoms with Crippen molar-refractivity contribution < 1.29 is 27.9 Å². The van der Waals surface area contributed by atoms with Gasteiger partial charge in [-0.25, -0.2) is 4.79 Å². The average molecular weight is 638 g/mol. The number of carbonyl (C=O) groups excluding carboxylic acids is 1. The standard InChI is InChI=1S/C36H26F3N3O3S/c37-36(38,39)26-9-13-28(14-10-26)46-31-20-42(27-11-12-27)30-18-24(22-3-1-21(19-40)2-4-22)17-29(32(30)31)33(43)41-35(15-16-35)25-7-5-23(6-8-25)34(44)45/h1-10,13-14,17-18,20,27H,11-12,15-16H2,(H,41,43)(H,44,45). The van der Waals surface area contributed by atoms with E-state index in [4.69, 9.17) is 0 Å². The van der Waals surface area contributed by atoms with Crippen LogP contribution in [0.4, 0.5) is 13.2 Å². The number of alkyl halides is 3. The number of carbonyl (C=O) groups is 2. The van der Waals surface area contributed by atoms with E-state index in [2.05, 4.69) is 16.0 Å². The van der Waals surface area contributed by atoms with Gasteiger partial charge in [-0.15, -0.1) is 0 Å². The lowest BCUT2D eigenvalue weighted by atomic mass is 9.97. The Bertz CT molecular complexity index is 2040. The summed E-state index contributed by atoms with van der Waals surface area (Å²) in [5.74, 6) is -1.33. The van der Waals surface area contributed by atoms with Gasteiger partial charge in [0.1, 0.15) is 0 Å². The van der Waals surface area contributed by atoms with Gasteiger partial charge in [0.2, 0.25) is 0 Å². The molecule has 0 atom stereocenters. The highest BCUT2D eigenvalue weighted by Gasteiger charge is 2.46. The highest BCUT2D eigenvalue weighted by molar-refractivity contribution is 7.99. The van der Waals surface area contributed by atoms with Crippen LogP contribution in [0.25, 0.3) is 22.0 Å². The van der Waals surface area contributed by atoms with E-state index in [9.17, 15) is 33.1 Å². The van der Waals surface area contributed by atoms with Crippen molar-refractivity contribution in [3.8, 4) is 17.2 Å². The van der Waals surface area contributed by atoms with Crippen molar-refractivity contribution >= 4 is 34.5 Å². The number of hydrogen-bond donors (Lipinski definition) is 2. The Morgan fingerprint density at radius 1 is 0.935 bits per heavy atom. The van der Waals surface area contributed by atoms with Crippen LogP contribution < -0.4 is 5.32 Å². The molecule has 2 saturated carbocycles. The Labute approximate surface area is 266 Å². The van der Waals surface area contributed by atoms with Crippen molar-refractivity contribution in [2.45, 2.75) is 53.2 Å². The van der Waals surface area contributed by atoms with Crippen LogP contribution in [0, 0.1) is 11.3 Å². The van der Waals surface area contributed by atoms with E-state index in [0.717, 1.165) is 52.1 Å². The van der Waals surface area contributed by atoms with Crippen molar-refractivity contribution in [1.82, 2.24) is 9.88 Å². The van der Waals surface area contributed by atoms with Gasteiger partial charge in [0.25, 0.3) is 5.91 Å². The van der Waals surface area contributed by atoms with Crippen molar-refractivity contribution in [2.24, 2.45) is 0 Å². The summed E-state index contributed by atoms with van der Waals surface area (Å²) in [7, 11) is 0. The molecule has 2 aliphatic rings. The van der Waals surface area contributed by atoms with Gasteiger partial charge in [-0.1, -0.05) is 36.0 Å². The largest absolute Gasteiger partial charge is 0.478 e. The van der Waals surface area contributed by atoms with Crippen LogP contribution in [0.15, 0.2) is 101 Å². The zero-order valence-electron chi connectivity index (χ0n) is 24.3. The van der Waals surface area contributed by atoms with E-state index in [1.54, 1.807) is 24.3 Å². The van der Waals surface area contributed by atoms with Crippen LogP contribution >= 0.6 is 11.8 Å². The Morgan fingerprint density at radius 2 is 1.61 bits per heavy atom. The topological polar surface area (TPSA) is 95.1 Å². The molecule has 0 saturated heterocycles. The lowest BCUT2D eigenvalue weighted by Crippen LogP contribution is -2.35. The minimum absolute atomic E-state index is 0.161. The molecule has 230 valence electrons.